The van der Waals surface area contributed by atoms with Crippen LogP contribution in [0.25, 0.3) is 11.3 Å². The molecule has 0 spiro atoms. The lowest BCUT2D eigenvalue weighted by Crippen LogP contribution is -2.37. The van der Waals surface area contributed by atoms with Gasteiger partial charge in [-0.1, -0.05) is 35.3 Å². The zero-order chi connectivity index (χ0) is 18.9. The van der Waals surface area contributed by atoms with Gasteiger partial charge in [-0.2, -0.15) is 0 Å². The Kier molecular flexibility index (Phi) is 4.68. The van der Waals surface area contributed by atoms with Crippen molar-refractivity contribution in [1.82, 2.24) is 9.88 Å². The number of amides is 2. The highest BCUT2D eigenvalue weighted by Crippen LogP contribution is 2.35. The summed E-state index contributed by atoms with van der Waals surface area (Å²) < 4.78 is 5.28. The van der Waals surface area contributed by atoms with Crippen LogP contribution in [-0.2, 0) is 4.79 Å². The van der Waals surface area contributed by atoms with Crippen molar-refractivity contribution < 1.29 is 19.4 Å². The van der Waals surface area contributed by atoms with Gasteiger partial charge >= 0.3 is 0 Å². The number of thiazole rings is 1. The van der Waals surface area contributed by atoms with Gasteiger partial charge in [-0.3, -0.25) is 9.59 Å². The molecule has 0 aliphatic carbocycles. The summed E-state index contributed by atoms with van der Waals surface area (Å²) in [5.41, 5.74) is 5.42. The van der Waals surface area contributed by atoms with E-state index in [4.69, 9.17) is 10.5 Å². The third-order valence-electron chi connectivity index (χ3n) is 4.05. The third-order valence-corrected chi connectivity index (χ3v) is 5.08. The lowest BCUT2D eigenvalue weighted by Gasteiger charge is -2.13. The highest BCUT2D eigenvalue weighted by molar-refractivity contribution is 7.15. The van der Waals surface area contributed by atoms with Crippen molar-refractivity contribution in [3.63, 3.8) is 0 Å². The number of carbonyl (C=O) groups is 2. The first-order valence-corrected chi connectivity index (χ1v) is 8.62. The highest BCUT2D eigenvalue weighted by atomic mass is 32.1. The van der Waals surface area contributed by atoms with E-state index in [1.165, 1.54) is 12.0 Å². The number of likely N-dealkylation sites (N-methyl/N-ethyl adjacent to an activating group) is 1. The minimum Gasteiger partial charge on any atom is -0.486 e. The second-order valence-corrected chi connectivity index (χ2v) is 6.85. The largest absolute Gasteiger partial charge is 0.486 e. The number of likely N-dealkylation sites (tertiary alicyclic amines) is 1. The van der Waals surface area contributed by atoms with Crippen LogP contribution in [0.5, 0.6) is 5.06 Å². The number of nitrogens with zero attached hydrogens (tertiary/aromatic N) is 2. The summed E-state index contributed by atoms with van der Waals surface area (Å²) in [6, 6.07) is 7.09. The number of ether oxygens (including phenoxy) is 1. The molecule has 8 heteroatoms. The number of hydrogen-bond acceptors (Lipinski definition) is 6. The van der Waals surface area contributed by atoms with E-state index in [0.717, 1.165) is 11.3 Å². The number of benzene rings is 1. The molecule has 1 aliphatic rings. The minimum absolute atomic E-state index is 0.155. The van der Waals surface area contributed by atoms with Crippen molar-refractivity contribution in [2.45, 2.75) is 12.0 Å². The summed E-state index contributed by atoms with van der Waals surface area (Å²) in [5.74, 6) is 4.51. The molecule has 3 N–H and O–H groups in total. The van der Waals surface area contributed by atoms with Gasteiger partial charge < -0.3 is 20.5 Å². The third kappa shape index (κ3) is 3.27. The molecule has 134 valence electrons. The van der Waals surface area contributed by atoms with Gasteiger partial charge in [0.25, 0.3) is 11.8 Å². The van der Waals surface area contributed by atoms with Crippen LogP contribution in [0.15, 0.2) is 24.3 Å². The number of methoxy groups -OCH3 is 1. The number of aromatic nitrogens is 1. The van der Waals surface area contributed by atoms with Gasteiger partial charge in [0.15, 0.2) is 5.01 Å². The Bertz CT molecular complexity index is 943. The maximum atomic E-state index is 12.0. The van der Waals surface area contributed by atoms with Gasteiger partial charge in [0.1, 0.15) is 5.69 Å². The Hall–Kier alpha value is -2.89. The second-order valence-electron chi connectivity index (χ2n) is 5.89. The molecule has 0 bridgehead atoms. The number of nitrogens with two attached hydrogens (primary N) is 1. The van der Waals surface area contributed by atoms with Crippen molar-refractivity contribution >= 4 is 23.2 Å². The molecular weight excluding hydrogens is 354 g/mol. The lowest BCUT2D eigenvalue weighted by atomic mass is 10.0. The normalized spacial score (nSPS) is 19.2. The molecule has 1 aliphatic heterocycles. The van der Waals surface area contributed by atoms with Crippen LogP contribution in [-0.4, -0.2) is 53.1 Å². The van der Waals surface area contributed by atoms with Gasteiger partial charge in [-0.15, -0.1) is 0 Å². The van der Waals surface area contributed by atoms with Crippen molar-refractivity contribution in [1.29, 1.82) is 0 Å². The Morgan fingerprint density at radius 2 is 2.27 bits per heavy atom. The fourth-order valence-electron chi connectivity index (χ4n) is 2.62. The van der Waals surface area contributed by atoms with Crippen molar-refractivity contribution in [2.75, 3.05) is 20.7 Å². The molecule has 1 atom stereocenters. The van der Waals surface area contributed by atoms with Crippen LogP contribution >= 0.6 is 11.3 Å². The van der Waals surface area contributed by atoms with Gasteiger partial charge in [0.2, 0.25) is 10.7 Å². The predicted molar refractivity (Wildman–Crippen MR) is 96.7 cm³/mol. The van der Waals surface area contributed by atoms with Gasteiger partial charge in [-0.05, 0) is 12.1 Å². The first-order chi connectivity index (χ1) is 12.3. The van der Waals surface area contributed by atoms with Crippen LogP contribution in [0.2, 0.25) is 0 Å². The summed E-state index contributed by atoms with van der Waals surface area (Å²) in [4.78, 5) is 29.0. The smallest absolute Gasteiger partial charge is 0.277 e. The molecule has 1 saturated heterocycles. The van der Waals surface area contributed by atoms with E-state index < -0.39 is 17.4 Å². The highest BCUT2D eigenvalue weighted by Gasteiger charge is 2.42. The molecule has 1 fully saturated rings. The van der Waals surface area contributed by atoms with Gasteiger partial charge in [0.05, 0.1) is 7.11 Å². The van der Waals surface area contributed by atoms with E-state index in [0.29, 0.717) is 28.4 Å². The summed E-state index contributed by atoms with van der Waals surface area (Å²) in [7, 11) is 3.12. The molecule has 1 aromatic heterocycles. The van der Waals surface area contributed by atoms with E-state index in [2.05, 4.69) is 16.8 Å². The molecule has 2 heterocycles. The first-order valence-electron chi connectivity index (χ1n) is 7.80. The number of carbonyl (C=O) groups excluding carboxylic acids is 2. The fraction of sp³-hybridized carbons (Fsp3) is 0.278. The number of hydrogen-bond donors (Lipinski definition) is 2. The van der Waals surface area contributed by atoms with E-state index in [1.807, 2.05) is 0 Å². The lowest BCUT2D eigenvalue weighted by molar-refractivity contribution is -0.137. The molecule has 2 amide bonds. The van der Waals surface area contributed by atoms with Crippen LogP contribution < -0.4 is 10.5 Å². The molecule has 26 heavy (non-hydrogen) atoms. The van der Waals surface area contributed by atoms with E-state index in [1.54, 1.807) is 31.3 Å². The average molecular weight is 371 g/mol. The van der Waals surface area contributed by atoms with E-state index in [9.17, 15) is 14.7 Å². The Labute approximate surface area is 154 Å². The summed E-state index contributed by atoms with van der Waals surface area (Å²) in [5, 5.41) is 11.0. The molecule has 7 nitrogen and oxygen atoms in total. The standard InChI is InChI=1S/C18H17N3O4S/c1-21-9-8-18(24,17(21)23)7-6-11-4-3-5-12(10-11)13-16(25-2)26-15(20-13)14(19)22/h3-5,10,24H,8-9H2,1-2H3,(H2,19,22)/t18-/m0/s1. The molecule has 0 saturated carbocycles. The van der Waals surface area contributed by atoms with Gasteiger partial charge in [-0.25, -0.2) is 4.98 Å². The first kappa shape index (κ1) is 17.9. The molecule has 0 unspecified atom stereocenters. The average Bonchev–Trinajstić information content (AvgIpc) is 3.18. The van der Waals surface area contributed by atoms with Crippen molar-refractivity contribution in [3.05, 3.63) is 34.8 Å². The zero-order valence-corrected chi connectivity index (χ0v) is 15.1. The monoisotopic (exact) mass is 371 g/mol. The maximum absolute atomic E-state index is 12.0. The Balaban J connectivity index is 1.95. The van der Waals surface area contributed by atoms with E-state index in [-0.39, 0.29) is 11.4 Å². The molecule has 2 aromatic rings. The quantitative estimate of drug-likeness (QED) is 0.779. The van der Waals surface area contributed by atoms with Crippen LogP contribution in [0.3, 0.4) is 0 Å². The van der Waals surface area contributed by atoms with Crippen molar-refractivity contribution in [2.24, 2.45) is 5.73 Å². The number of aliphatic hydroxyl groups is 1. The van der Waals surface area contributed by atoms with Crippen LogP contribution in [0.1, 0.15) is 21.8 Å². The summed E-state index contributed by atoms with van der Waals surface area (Å²) >= 11 is 1.07. The predicted octanol–water partition coefficient (Wildman–Crippen LogP) is 0.862. The van der Waals surface area contributed by atoms with Crippen LogP contribution in [0, 0.1) is 11.8 Å². The van der Waals surface area contributed by atoms with Gasteiger partial charge in [0, 0.05) is 31.1 Å². The second kappa shape index (κ2) is 6.78. The molecular formula is C18H17N3O4S. The zero-order valence-electron chi connectivity index (χ0n) is 14.3. The minimum atomic E-state index is -1.65. The topological polar surface area (TPSA) is 106 Å². The Morgan fingerprint density at radius 3 is 2.88 bits per heavy atom. The Morgan fingerprint density at radius 1 is 1.50 bits per heavy atom. The maximum Gasteiger partial charge on any atom is 0.277 e. The molecule has 0 radical (unpaired) electrons. The van der Waals surface area contributed by atoms with Crippen molar-refractivity contribution in [3.8, 4) is 28.2 Å². The number of rotatable bonds is 3. The summed E-state index contributed by atoms with van der Waals surface area (Å²) in [6.45, 7) is 0.468. The molecule has 3 rings (SSSR count). The summed E-state index contributed by atoms with van der Waals surface area (Å²) in [6.07, 6.45) is 0.275. The van der Waals surface area contributed by atoms with Crippen LogP contribution in [0.4, 0.5) is 0 Å². The SMILES string of the molecule is COc1sc(C(N)=O)nc1-c1cccc(C#C[C@]2(O)CCN(C)C2=O)c1. The molecule has 1 aromatic carbocycles. The number of primary amides is 1. The van der Waals surface area contributed by atoms with E-state index >= 15 is 0 Å². The fourth-order valence-corrected chi connectivity index (χ4v) is 3.38.